The number of non-ortho nitro benzene ring substituents is 1. The van der Waals surface area contributed by atoms with Crippen molar-refractivity contribution in [3.63, 3.8) is 0 Å². The second kappa shape index (κ2) is 16.4. The molecule has 254 valence electrons. The Balaban J connectivity index is 1.49. The highest BCUT2D eigenvalue weighted by Gasteiger charge is 2.39. The number of nitrogens with one attached hydrogen (secondary N) is 1. The summed E-state index contributed by atoms with van der Waals surface area (Å²) >= 11 is 0. The number of hydrogen-bond acceptors (Lipinski definition) is 8. The van der Waals surface area contributed by atoms with Crippen molar-refractivity contribution in [2.45, 2.75) is 59.3 Å². The van der Waals surface area contributed by atoms with E-state index in [1.54, 1.807) is 26.0 Å². The molecule has 1 atom stereocenters. The third kappa shape index (κ3) is 9.19. The molecule has 1 heterocycles. The molecule has 1 unspecified atom stereocenters. The largest absolute Gasteiger partial charge is 0.462 e. The number of rotatable bonds is 15. The molecular formula is C39H47N3O6. The van der Waals surface area contributed by atoms with Crippen LogP contribution in [-0.4, -0.2) is 55.1 Å². The lowest BCUT2D eigenvalue weighted by Gasteiger charge is -2.33. The zero-order valence-corrected chi connectivity index (χ0v) is 28.8. The number of esters is 2. The molecule has 0 saturated carbocycles. The van der Waals surface area contributed by atoms with Crippen molar-refractivity contribution in [3.8, 4) is 0 Å². The number of dihydropyridines is 1. The van der Waals surface area contributed by atoms with Gasteiger partial charge in [0, 0.05) is 41.4 Å². The van der Waals surface area contributed by atoms with E-state index in [2.05, 4.69) is 79.6 Å². The first-order valence-corrected chi connectivity index (χ1v) is 16.5. The fourth-order valence-corrected chi connectivity index (χ4v) is 6.40. The quantitative estimate of drug-likeness (QED) is 0.102. The molecule has 0 bridgehead atoms. The zero-order chi connectivity index (χ0) is 34.8. The summed E-state index contributed by atoms with van der Waals surface area (Å²) in [5.41, 5.74) is 3.94. The lowest BCUT2D eigenvalue weighted by atomic mass is 9.80. The van der Waals surface area contributed by atoms with Crippen molar-refractivity contribution in [2.24, 2.45) is 5.41 Å². The van der Waals surface area contributed by atoms with E-state index in [0.717, 1.165) is 13.0 Å². The van der Waals surface area contributed by atoms with Crippen molar-refractivity contribution in [1.29, 1.82) is 0 Å². The molecule has 9 nitrogen and oxygen atoms in total. The highest BCUT2D eigenvalue weighted by molar-refractivity contribution is 6.00. The van der Waals surface area contributed by atoms with E-state index in [1.807, 2.05) is 19.1 Å². The van der Waals surface area contributed by atoms with E-state index in [9.17, 15) is 19.7 Å². The Morgan fingerprint density at radius 2 is 1.46 bits per heavy atom. The highest BCUT2D eigenvalue weighted by Crippen LogP contribution is 2.40. The van der Waals surface area contributed by atoms with Gasteiger partial charge in [0.15, 0.2) is 0 Å². The van der Waals surface area contributed by atoms with Gasteiger partial charge in [0.1, 0.15) is 0 Å². The summed E-state index contributed by atoms with van der Waals surface area (Å²) in [6.07, 6.45) is 1.55. The summed E-state index contributed by atoms with van der Waals surface area (Å²) < 4.78 is 11.5. The van der Waals surface area contributed by atoms with Gasteiger partial charge in [-0.2, -0.15) is 0 Å². The van der Waals surface area contributed by atoms with Crippen molar-refractivity contribution < 1.29 is 24.0 Å². The van der Waals surface area contributed by atoms with E-state index in [-0.39, 0.29) is 36.0 Å². The van der Waals surface area contributed by atoms with Crippen molar-refractivity contribution in [1.82, 2.24) is 10.2 Å². The van der Waals surface area contributed by atoms with Gasteiger partial charge < -0.3 is 19.7 Å². The summed E-state index contributed by atoms with van der Waals surface area (Å²) in [7, 11) is 2.08. The summed E-state index contributed by atoms with van der Waals surface area (Å²) in [5.74, 6) is -1.82. The number of carbonyl (C=O) groups is 2. The average Bonchev–Trinajstić information content (AvgIpc) is 3.06. The van der Waals surface area contributed by atoms with Crippen LogP contribution >= 0.6 is 0 Å². The third-order valence-corrected chi connectivity index (χ3v) is 8.55. The molecule has 1 N–H and O–H groups in total. The molecule has 0 amide bonds. The van der Waals surface area contributed by atoms with Crippen LogP contribution in [0, 0.1) is 15.5 Å². The van der Waals surface area contributed by atoms with Gasteiger partial charge in [-0.1, -0.05) is 93.6 Å². The van der Waals surface area contributed by atoms with Crippen molar-refractivity contribution in [2.75, 3.05) is 33.4 Å². The smallest absolute Gasteiger partial charge is 0.336 e. The fourth-order valence-electron chi connectivity index (χ4n) is 6.40. The SMILES string of the molecule is CCCOC(=O)C1=C(C)NC(C)=C(C(=O)OCC(C)(C)CN(C)CCC(c2ccccc2)c2ccccc2)C1c1cccc([N+](=O)[O-])c1. The highest BCUT2D eigenvalue weighted by atomic mass is 16.6. The number of allylic oxidation sites excluding steroid dienone is 2. The monoisotopic (exact) mass is 653 g/mol. The van der Waals surface area contributed by atoms with Crippen LogP contribution in [0.2, 0.25) is 0 Å². The molecule has 3 aromatic rings. The Morgan fingerprint density at radius 1 is 0.896 bits per heavy atom. The van der Waals surface area contributed by atoms with Gasteiger partial charge in [-0.3, -0.25) is 10.1 Å². The number of nitro benzene ring substituents is 1. The van der Waals surface area contributed by atoms with Crippen LogP contribution in [0.5, 0.6) is 0 Å². The minimum Gasteiger partial charge on any atom is -0.462 e. The molecule has 0 radical (unpaired) electrons. The lowest BCUT2D eigenvalue weighted by Crippen LogP contribution is -2.37. The van der Waals surface area contributed by atoms with Crippen LogP contribution in [-0.2, 0) is 19.1 Å². The number of nitro groups is 1. The summed E-state index contributed by atoms with van der Waals surface area (Å²) in [6.45, 7) is 11.3. The molecule has 3 aromatic carbocycles. The maximum absolute atomic E-state index is 13.9. The molecule has 1 aliphatic rings. The zero-order valence-electron chi connectivity index (χ0n) is 28.8. The van der Waals surface area contributed by atoms with Crippen LogP contribution in [0.15, 0.2) is 107 Å². The number of hydrogen-bond donors (Lipinski definition) is 1. The fraction of sp³-hybridized carbons (Fsp3) is 0.385. The molecule has 0 fully saturated rings. The minimum absolute atomic E-state index is 0.133. The molecular weight excluding hydrogens is 606 g/mol. The van der Waals surface area contributed by atoms with Crippen LogP contribution < -0.4 is 5.32 Å². The molecule has 4 rings (SSSR count). The van der Waals surface area contributed by atoms with Gasteiger partial charge in [-0.15, -0.1) is 0 Å². The molecule has 0 aromatic heterocycles. The average molecular weight is 654 g/mol. The van der Waals surface area contributed by atoms with E-state index < -0.39 is 28.2 Å². The predicted molar refractivity (Wildman–Crippen MR) is 187 cm³/mol. The Morgan fingerprint density at radius 3 is 2.00 bits per heavy atom. The maximum Gasteiger partial charge on any atom is 0.336 e. The van der Waals surface area contributed by atoms with Gasteiger partial charge in [0.2, 0.25) is 0 Å². The number of nitrogens with zero attached hydrogens (tertiary/aromatic N) is 2. The first kappa shape index (κ1) is 36.1. The topological polar surface area (TPSA) is 111 Å². The molecule has 0 aliphatic carbocycles. The van der Waals surface area contributed by atoms with Crippen LogP contribution in [0.1, 0.15) is 76.0 Å². The molecule has 9 heteroatoms. The molecule has 48 heavy (non-hydrogen) atoms. The molecule has 0 saturated heterocycles. The van der Waals surface area contributed by atoms with Crippen molar-refractivity contribution in [3.05, 3.63) is 134 Å². The lowest BCUT2D eigenvalue weighted by molar-refractivity contribution is -0.384. The maximum atomic E-state index is 13.9. The summed E-state index contributed by atoms with van der Waals surface area (Å²) in [4.78, 5) is 40.7. The Kier molecular flexibility index (Phi) is 12.3. The Labute approximate surface area is 283 Å². The Bertz CT molecular complexity index is 1610. The first-order chi connectivity index (χ1) is 22.9. The first-order valence-electron chi connectivity index (χ1n) is 16.5. The van der Waals surface area contributed by atoms with Gasteiger partial charge >= 0.3 is 11.9 Å². The van der Waals surface area contributed by atoms with E-state index in [1.165, 1.54) is 23.3 Å². The normalized spacial score (nSPS) is 15.0. The van der Waals surface area contributed by atoms with Crippen LogP contribution in [0.25, 0.3) is 0 Å². The van der Waals surface area contributed by atoms with Gasteiger partial charge in [-0.05, 0) is 57.0 Å². The molecule has 1 aliphatic heterocycles. The summed E-state index contributed by atoms with van der Waals surface area (Å²) in [5, 5.41) is 14.8. The van der Waals surface area contributed by atoms with E-state index >= 15 is 0 Å². The van der Waals surface area contributed by atoms with Crippen LogP contribution in [0.4, 0.5) is 5.69 Å². The summed E-state index contributed by atoms with van der Waals surface area (Å²) in [6, 6.07) is 27.1. The van der Waals surface area contributed by atoms with E-state index in [4.69, 9.17) is 9.47 Å². The van der Waals surface area contributed by atoms with Gasteiger partial charge in [0.05, 0.1) is 35.2 Å². The second-order valence-electron chi connectivity index (χ2n) is 13.3. The minimum atomic E-state index is -0.901. The standard InChI is InChI=1S/C39H47N3O6/c1-7-23-47-37(43)34-27(2)40-28(3)35(36(34)31-19-14-20-32(24-31)42(45)46)38(44)48-26-39(4,5)25-41(6)22-21-33(29-15-10-8-11-16-29)30-17-12-9-13-18-30/h8-20,24,33,36,40H,7,21-23,25-26H2,1-6H3. The second-order valence-corrected chi connectivity index (χ2v) is 13.3. The number of carbonyl (C=O) groups excluding carboxylic acids is 2. The Hall–Kier alpha value is -4.76. The van der Waals surface area contributed by atoms with E-state index in [0.29, 0.717) is 29.9 Å². The number of ether oxygens (including phenoxy) is 2. The number of benzene rings is 3. The van der Waals surface area contributed by atoms with Gasteiger partial charge in [-0.25, -0.2) is 9.59 Å². The van der Waals surface area contributed by atoms with Crippen molar-refractivity contribution >= 4 is 17.6 Å². The van der Waals surface area contributed by atoms with Gasteiger partial charge in [0.25, 0.3) is 5.69 Å². The van der Waals surface area contributed by atoms with Crippen LogP contribution in [0.3, 0.4) is 0 Å². The molecule has 0 spiro atoms. The third-order valence-electron chi connectivity index (χ3n) is 8.55. The predicted octanol–water partition coefficient (Wildman–Crippen LogP) is 7.51.